The largest absolute Gasteiger partial charge is 0.379 e. The minimum atomic E-state index is -0.300. The second-order valence-corrected chi connectivity index (χ2v) is 8.12. The fraction of sp³-hybridized carbons (Fsp3) is 0.619. The number of carbonyl (C=O) groups excluding carboxylic acids is 1. The van der Waals surface area contributed by atoms with Crippen molar-refractivity contribution in [3.63, 3.8) is 0 Å². The molecule has 2 aliphatic rings. The van der Waals surface area contributed by atoms with Gasteiger partial charge in [0.15, 0.2) is 0 Å². The first-order valence-corrected chi connectivity index (χ1v) is 10.4. The Morgan fingerprint density at radius 3 is 2.46 bits per heavy atom. The van der Waals surface area contributed by atoms with Crippen LogP contribution >= 0.6 is 0 Å². The van der Waals surface area contributed by atoms with Crippen LogP contribution in [0.3, 0.4) is 0 Å². The summed E-state index contributed by atoms with van der Waals surface area (Å²) in [6.45, 7) is 6.84. The summed E-state index contributed by atoms with van der Waals surface area (Å²) in [6.07, 6.45) is 4.22. The van der Waals surface area contributed by atoms with E-state index >= 15 is 0 Å². The van der Waals surface area contributed by atoms with Gasteiger partial charge in [-0.25, -0.2) is 14.2 Å². The van der Waals surface area contributed by atoms with Crippen LogP contribution in [-0.2, 0) is 11.3 Å². The number of para-hydroxylation sites is 2. The monoisotopic (exact) mass is 386 g/mol. The number of aromatic nitrogens is 2. The van der Waals surface area contributed by atoms with Crippen molar-refractivity contribution in [2.75, 3.05) is 32.8 Å². The van der Waals surface area contributed by atoms with Crippen molar-refractivity contribution in [2.45, 2.75) is 45.2 Å². The van der Waals surface area contributed by atoms with E-state index in [1.165, 1.54) is 4.57 Å². The zero-order valence-corrected chi connectivity index (χ0v) is 16.6. The first-order chi connectivity index (χ1) is 13.6. The Hall–Kier alpha value is -2.12. The SMILES string of the molecule is CC1CCC(NC(=O)n2c(=O)n(CCN3CCOCC3)c3ccccc32)CC1. The van der Waals surface area contributed by atoms with Gasteiger partial charge in [-0.1, -0.05) is 19.1 Å². The molecule has 1 amide bonds. The van der Waals surface area contributed by atoms with Crippen molar-refractivity contribution >= 4 is 17.1 Å². The summed E-state index contributed by atoms with van der Waals surface area (Å²) in [5.41, 5.74) is 1.24. The van der Waals surface area contributed by atoms with Gasteiger partial charge in [0.1, 0.15) is 0 Å². The van der Waals surface area contributed by atoms with Gasteiger partial charge in [0, 0.05) is 32.2 Å². The number of fused-ring (bicyclic) bond motifs is 1. The Kier molecular flexibility index (Phi) is 5.82. The number of ether oxygens (including phenoxy) is 1. The zero-order valence-electron chi connectivity index (χ0n) is 16.6. The molecular formula is C21H30N4O3. The molecule has 7 nitrogen and oxygen atoms in total. The van der Waals surface area contributed by atoms with Crippen molar-refractivity contribution < 1.29 is 9.53 Å². The van der Waals surface area contributed by atoms with E-state index < -0.39 is 0 Å². The Morgan fingerprint density at radius 1 is 1.07 bits per heavy atom. The van der Waals surface area contributed by atoms with E-state index in [9.17, 15) is 9.59 Å². The molecule has 1 aromatic carbocycles. The van der Waals surface area contributed by atoms with Gasteiger partial charge in [0.2, 0.25) is 0 Å². The summed E-state index contributed by atoms with van der Waals surface area (Å²) in [4.78, 5) is 28.4. The average Bonchev–Trinajstić information content (AvgIpc) is 3.00. The van der Waals surface area contributed by atoms with Gasteiger partial charge in [-0.3, -0.25) is 9.47 Å². The minimum absolute atomic E-state index is 0.158. The van der Waals surface area contributed by atoms with E-state index in [0.717, 1.165) is 70.0 Å². The number of benzene rings is 1. The molecular weight excluding hydrogens is 356 g/mol. The standard InChI is InChI=1S/C21H30N4O3/c1-16-6-8-17(9-7-16)22-20(26)25-19-5-3-2-4-18(19)24(21(25)27)11-10-23-12-14-28-15-13-23/h2-5,16-17H,6-15H2,1H3,(H,22,26). The first kappa shape index (κ1) is 19.2. The predicted molar refractivity (Wildman–Crippen MR) is 109 cm³/mol. The van der Waals surface area contributed by atoms with Crippen molar-refractivity contribution in [3.05, 3.63) is 34.7 Å². The molecule has 1 saturated carbocycles. The number of carbonyl (C=O) groups is 1. The number of amides is 1. The molecule has 0 radical (unpaired) electrons. The van der Waals surface area contributed by atoms with Gasteiger partial charge in [-0.05, 0) is 43.7 Å². The summed E-state index contributed by atoms with van der Waals surface area (Å²) in [5.74, 6) is 0.720. The average molecular weight is 386 g/mol. The number of nitrogens with zero attached hydrogens (tertiary/aromatic N) is 3. The Labute approximate surface area is 165 Å². The van der Waals surface area contributed by atoms with Crippen LogP contribution in [0.25, 0.3) is 11.0 Å². The highest BCUT2D eigenvalue weighted by atomic mass is 16.5. The van der Waals surface area contributed by atoms with E-state index in [-0.39, 0.29) is 17.8 Å². The second-order valence-electron chi connectivity index (χ2n) is 8.12. The molecule has 2 fully saturated rings. The number of hydrogen-bond donors (Lipinski definition) is 1. The molecule has 7 heteroatoms. The molecule has 152 valence electrons. The molecule has 1 saturated heterocycles. The predicted octanol–water partition coefficient (Wildman–Crippen LogP) is 2.27. The van der Waals surface area contributed by atoms with Gasteiger partial charge >= 0.3 is 11.7 Å². The van der Waals surface area contributed by atoms with Crippen LogP contribution in [0.4, 0.5) is 4.79 Å². The van der Waals surface area contributed by atoms with Crippen LogP contribution < -0.4 is 11.0 Å². The third kappa shape index (κ3) is 4.00. The van der Waals surface area contributed by atoms with Crippen LogP contribution in [0.15, 0.2) is 29.1 Å². The lowest BCUT2D eigenvalue weighted by molar-refractivity contribution is 0.0364. The summed E-state index contributed by atoms with van der Waals surface area (Å²) >= 11 is 0. The molecule has 1 aliphatic heterocycles. The van der Waals surface area contributed by atoms with Gasteiger partial charge in [0.25, 0.3) is 0 Å². The fourth-order valence-corrected chi connectivity index (χ4v) is 4.33. The third-order valence-electron chi connectivity index (χ3n) is 6.13. The van der Waals surface area contributed by atoms with Crippen molar-refractivity contribution in [3.8, 4) is 0 Å². The maximum absolute atomic E-state index is 13.1. The molecule has 1 N–H and O–H groups in total. The highest BCUT2D eigenvalue weighted by Gasteiger charge is 2.24. The molecule has 2 heterocycles. The van der Waals surface area contributed by atoms with Crippen molar-refractivity contribution in [1.29, 1.82) is 0 Å². The Balaban J connectivity index is 1.55. The lowest BCUT2D eigenvalue weighted by atomic mass is 9.87. The number of morpholine rings is 1. The summed E-state index contributed by atoms with van der Waals surface area (Å²) in [5, 5.41) is 3.09. The maximum atomic E-state index is 13.1. The molecule has 0 bridgehead atoms. The van der Waals surface area contributed by atoms with E-state index in [2.05, 4.69) is 17.1 Å². The number of hydrogen-bond acceptors (Lipinski definition) is 4. The molecule has 2 aromatic rings. The molecule has 0 unspecified atom stereocenters. The maximum Gasteiger partial charge on any atom is 0.337 e. The van der Waals surface area contributed by atoms with Crippen LogP contribution in [0, 0.1) is 5.92 Å². The lowest BCUT2D eigenvalue weighted by Gasteiger charge is -2.26. The van der Waals surface area contributed by atoms with E-state index in [1.807, 2.05) is 24.3 Å². The van der Waals surface area contributed by atoms with Gasteiger partial charge in [-0.2, -0.15) is 0 Å². The van der Waals surface area contributed by atoms with Crippen LogP contribution in [0.1, 0.15) is 32.6 Å². The summed E-state index contributed by atoms with van der Waals surface area (Å²) in [6, 6.07) is 7.42. The van der Waals surface area contributed by atoms with Crippen LogP contribution in [0.5, 0.6) is 0 Å². The van der Waals surface area contributed by atoms with E-state index in [0.29, 0.717) is 12.1 Å². The minimum Gasteiger partial charge on any atom is -0.379 e. The van der Waals surface area contributed by atoms with Gasteiger partial charge in [-0.15, -0.1) is 0 Å². The molecule has 0 atom stereocenters. The third-order valence-corrected chi connectivity index (χ3v) is 6.13. The fourth-order valence-electron chi connectivity index (χ4n) is 4.33. The normalized spacial score (nSPS) is 23.8. The highest BCUT2D eigenvalue weighted by molar-refractivity contribution is 5.89. The van der Waals surface area contributed by atoms with Gasteiger partial charge < -0.3 is 10.1 Å². The van der Waals surface area contributed by atoms with Crippen molar-refractivity contribution in [1.82, 2.24) is 19.4 Å². The van der Waals surface area contributed by atoms with Crippen molar-refractivity contribution in [2.24, 2.45) is 5.92 Å². The lowest BCUT2D eigenvalue weighted by Crippen LogP contribution is -2.44. The molecule has 4 rings (SSSR count). The van der Waals surface area contributed by atoms with Crippen LogP contribution in [-0.4, -0.2) is 59.0 Å². The molecule has 28 heavy (non-hydrogen) atoms. The Bertz CT molecular complexity index is 873. The van der Waals surface area contributed by atoms with E-state index in [1.54, 1.807) is 4.57 Å². The van der Waals surface area contributed by atoms with Gasteiger partial charge in [0.05, 0.1) is 24.2 Å². The smallest absolute Gasteiger partial charge is 0.337 e. The first-order valence-electron chi connectivity index (χ1n) is 10.4. The Morgan fingerprint density at radius 2 is 1.75 bits per heavy atom. The topological polar surface area (TPSA) is 68.5 Å². The van der Waals surface area contributed by atoms with Crippen LogP contribution in [0.2, 0.25) is 0 Å². The zero-order chi connectivity index (χ0) is 19.5. The number of imidazole rings is 1. The number of rotatable bonds is 4. The van der Waals surface area contributed by atoms with E-state index in [4.69, 9.17) is 4.74 Å². The quantitative estimate of drug-likeness (QED) is 0.875. The molecule has 0 spiro atoms. The highest BCUT2D eigenvalue weighted by Crippen LogP contribution is 2.23. The molecule has 1 aliphatic carbocycles. The molecule has 1 aromatic heterocycles. The number of nitrogens with one attached hydrogen (secondary N) is 1. The second kappa shape index (κ2) is 8.49. The summed E-state index contributed by atoms with van der Waals surface area (Å²) in [7, 11) is 0. The summed E-state index contributed by atoms with van der Waals surface area (Å²) < 4.78 is 8.43.